The molecule has 1 aromatic carbocycles. The van der Waals surface area contributed by atoms with Crippen LogP contribution < -0.4 is 5.32 Å². The lowest BCUT2D eigenvalue weighted by Crippen LogP contribution is -2.75. The molecule has 4 aliphatic carbocycles. The van der Waals surface area contributed by atoms with E-state index >= 15 is 0 Å². The summed E-state index contributed by atoms with van der Waals surface area (Å²) in [5.74, 6) is -5.60. The quantitative estimate of drug-likeness (QED) is 0.147. The summed E-state index contributed by atoms with van der Waals surface area (Å²) in [4.78, 5) is 42.0. The van der Waals surface area contributed by atoms with Gasteiger partial charge in [0.15, 0.2) is 17.5 Å². The van der Waals surface area contributed by atoms with Crippen LogP contribution in [0.25, 0.3) is 0 Å². The number of carbonyl (C=O) groups excluding carboxylic acids is 3. The Morgan fingerprint density at radius 2 is 1.72 bits per heavy atom. The Morgan fingerprint density at radius 1 is 1.02 bits per heavy atom. The van der Waals surface area contributed by atoms with Gasteiger partial charge in [-0.1, -0.05) is 58.0 Å². The average molecular weight is 699 g/mol. The number of rotatable bonds is 9. The van der Waals surface area contributed by atoms with Gasteiger partial charge >= 0.3 is 18.0 Å². The van der Waals surface area contributed by atoms with E-state index in [1.807, 2.05) is 18.2 Å². The summed E-state index contributed by atoms with van der Waals surface area (Å²) in [5.41, 5.74) is -15.5. The molecule has 14 nitrogen and oxygen atoms in total. The molecule has 0 radical (unpaired) electrons. The number of amides is 1. The summed E-state index contributed by atoms with van der Waals surface area (Å²) in [5, 5.41) is 67.4. The van der Waals surface area contributed by atoms with Crippen LogP contribution >= 0.6 is 0 Å². The molecule has 50 heavy (non-hydrogen) atoms. The van der Waals surface area contributed by atoms with Crippen LogP contribution in [0.15, 0.2) is 48.7 Å². The van der Waals surface area contributed by atoms with E-state index in [1.54, 1.807) is 39.0 Å². The van der Waals surface area contributed by atoms with Crippen molar-refractivity contribution < 1.29 is 58.9 Å². The summed E-state index contributed by atoms with van der Waals surface area (Å²) in [7, 11) is 0. The van der Waals surface area contributed by atoms with Crippen molar-refractivity contribution in [1.82, 2.24) is 10.3 Å². The van der Waals surface area contributed by atoms with Gasteiger partial charge in [0.1, 0.15) is 40.8 Å². The Bertz CT molecular complexity index is 1710. The molecule has 2 saturated heterocycles. The van der Waals surface area contributed by atoms with Crippen LogP contribution in [0.4, 0.5) is 4.79 Å². The minimum Gasteiger partial charge on any atom is -0.459 e. The number of aromatic nitrogens is 1. The molecule has 2 aromatic rings. The van der Waals surface area contributed by atoms with Crippen LogP contribution in [0, 0.1) is 22.7 Å². The molecule has 8 rings (SSSR count). The zero-order valence-electron chi connectivity index (χ0n) is 28.8. The highest BCUT2D eigenvalue weighted by Gasteiger charge is 3.10. The maximum atomic E-state index is 13.5. The lowest BCUT2D eigenvalue weighted by Gasteiger charge is -2.61. The van der Waals surface area contributed by atoms with E-state index in [-0.39, 0.29) is 38.1 Å². The van der Waals surface area contributed by atoms with Gasteiger partial charge in [0, 0.05) is 24.6 Å². The number of aromatic amines is 1. The third-order valence-electron chi connectivity index (χ3n) is 13.3. The SMILES string of the molecule is CC(C)[C@@]1(O)[C@@H](OC(=O)c2ccc[nH]2)[C@@]2(O)[C@@]3(C)C[C@]4(O)O[C@@]5([C@H](OC(=O)CCNC(=O)OCc6ccccc6)[C@@H](C)CC[C@]35O)[C@@]2(O)[C@]14C. The number of esters is 2. The van der Waals surface area contributed by atoms with Crippen LogP contribution in [0.2, 0.25) is 0 Å². The first kappa shape index (κ1) is 34.9. The van der Waals surface area contributed by atoms with Gasteiger partial charge in [0.2, 0.25) is 0 Å². The smallest absolute Gasteiger partial charge is 0.407 e. The number of ether oxygens (including phenoxy) is 4. The molecule has 6 bridgehead atoms. The van der Waals surface area contributed by atoms with E-state index < -0.39 is 93.1 Å². The molecule has 11 atom stereocenters. The molecule has 1 spiro atoms. The van der Waals surface area contributed by atoms with Crippen molar-refractivity contribution in [2.75, 3.05) is 6.54 Å². The number of hydrogen-bond acceptors (Lipinski definition) is 12. The summed E-state index contributed by atoms with van der Waals surface area (Å²) < 4.78 is 23.7. The predicted molar refractivity (Wildman–Crippen MR) is 172 cm³/mol. The van der Waals surface area contributed by atoms with Crippen molar-refractivity contribution in [2.24, 2.45) is 22.7 Å². The number of carbonyl (C=O) groups is 3. The molecular weight excluding hydrogens is 652 g/mol. The third-order valence-corrected chi connectivity index (χ3v) is 13.3. The first-order chi connectivity index (χ1) is 23.4. The van der Waals surface area contributed by atoms with E-state index in [9.17, 15) is 39.9 Å². The number of H-pyrrole nitrogens is 1. The molecule has 1 aromatic heterocycles. The van der Waals surface area contributed by atoms with E-state index in [0.717, 1.165) is 5.56 Å². The molecule has 0 unspecified atom stereocenters. The fraction of sp³-hybridized carbons (Fsp3) is 0.639. The van der Waals surface area contributed by atoms with Crippen molar-refractivity contribution >= 4 is 18.0 Å². The summed E-state index contributed by atoms with van der Waals surface area (Å²) in [6, 6.07) is 12.1. The highest BCUT2D eigenvalue weighted by atomic mass is 16.7. The number of aliphatic hydroxyl groups is 5. The van der Waals surface area contributed by atoms with E-state index in [2.05, 4.69) is 10.3 Å². The largest absolute Gasteiger partial charge is 0.459 e. The van der Waals surface area contributed by atoms with Crippen LogP contribution in [-0.4, -0.2) is 101 Å². The van der Waals surface area contributed by atoms with Gasteiger partial charge in [0.25, 0.3) is 0 Å². The molecule has 6 fully saturated rings. The maximum Gasteiger partial charge on any atom is 0.407 e. The third kappa shape index (κ3) is 3.61. The molecule has 2 aliphatic heterocycles. The number of nitrogens with one attached hydrogen (secondary N) is 2. The van der Waals surface area contributed by atoms with Gasteiger partial charge in [-0.3, -0.25) is 4.79 Å². The van der Waals surface area contributed by atoms with Crippen molar-refractivity contribution in [1.29, 1.82) is 0 Å². The second-order valence-corrected chi connectivity index (χ2v) is 15.6. The Morgan fingerprint density at radius 3 is 2.36 bits per heavy atom. The molecule has 272 valence electrons. The minimum atomic E-state index is -2.75. The van der Waals surface area contributed by atoms with Crippen LogP contribution in [0.1, 0.15) is 76.4 Å². The van der Waals surface area contributed by atoms with E-state index in [0.29, 0.717) is 0 Å². The van der Waals surface area contributed by atoms with Gasteiger partial charge in [-0.2, -0.15) is 0 Å². The Hall–Kier alpha value is -3.53. The predicted octanol–water partition coefficient (Wildman–Crippen LogP) is 1.68. The summed E-state index contributed by atoms with van der Waals surface area (Å²) >= 11 is 0. The van der Waals surface area contributed by atoms with Crippen LogP contribution in [0.3, 0.4) is 0 Å². The molecule has 7 N–H and O–H groups in total. The zero-order chi connectivity index (χ0) is 36.3. The highest BCUT2D eigenvalue weighted by Crippen LogP contribution is 2.90. The molecule has 1 amide bonds. The minimum absolute atomic E-state index is 0.0168. The first-order valence-electron chi connectivity index (χ1n) is 17.2. The molecule has 3 heterocycles. The van der Waals surface area contributed by atoms with Gasteiger partial charge in [0.05, 0.1) is 11.8 Å². The van der Waals surface area contributed by atoms with Crippen molar-refractivity contribution in [3.8, 4) is 0 Å². The van der Waals surface area contributed by atoms with Crippen LogP contribution in [0.5, 0.6) is 0 Å². The second-order valence-electron chi connectivity index (χ2n) is 15.6. The summed E-state index contributed by atoms with van der Waals surface area (Å²) in [6.07, 6.45) is -3.13. The number of benzene rings is 1. The summed E-state index contributed by atoms with van der Waals surface area (Å²) in [6.45, 7) is 7.65. The average Bonchev–Trinajstić information content (AvgIpc) is 3.70. The monoisotopic (exact) mass is 698 g/mol. The van der Waals surface area contributed by atoms with Gasteiger partial charge in [-0.25, -0.2) is 9.59 Å². The van der Waals surface area contributed by atoms with E-state index in [1.165, 1.54) is 26.1 Å². The van der Waals surface area contributed by atoms with E-state index in [4.69, 9.17) is 18.9 Å². The fourth-order valence-electron chi connectivity index (χ4n) is 11.0. The molecular formula is C36H46N2O12. The Labute approximate surface area is 289 Å². The topological polar surface area (TPSA) is 217 Å². The number of hydrogen-bond donors (Lipinski definition) is 7. The normalized spacial score (nSPS) is 45.0. The Balaban J connectivity index is 1.24. The van der Waals surface area contributed by atoms with Gasteiger partial charge in [-0.15, -0.1) is 0 Å². The second kappa shape index (κ2) is 10.7. The van der Waals surface area contributed by atoms with Crippen molar-refractivity contribution in [2.45, 2.75) is 113 Å². The first-order valence-corrected chi connectivity index (χ1v) is 17.2. The zero-order valence-corrected chi connectivity index (χ0v) is 28.8. The lowest BCUT2D eigenvalue weighted by atomic mass is 9.52. The Kier molecular flexibility index (Phi) is 7.50. The standard InChI is InChI=1S/C36H46N2O12/c1-20(2)33(44)27(49-26(40)23-12-9-16-37-23)34(45)29(4)19-32(43)30(33,5)36(34,46)35(50-32)25(21(3)13-15-31(29,35)42)48-24(39)14-17-38-28(41)47-18-22-10-7-6-8-11-22/h6-12,16,20-21,25,27,37,42-46H,13-15,17-19H2,1-5H3,(H,38,41)/t21-,25+,27+,29-,30-,31-,32-,33+,34+,35+,36+/m0/s1. The lowest BCUT2D eigenvalue weighted by molar-refractivity contribution is -0.390. The van der Waals surface area contributed by atoms with Crippen LogP contribution in [-0.2, 0) is 30.3 Å². The van der Waals surface area contributed by atoms with Crippen molar-refractivity contribution in [3.05, 3.63) is 59.9 Å². The highest BCUT2D eigenvalue weighted by molar-refractivity contribution is 5.87. The van der Waals surface area contributed by atoms with Gasteiger partial charge in [-0.05, 0) is 49.3 Å². The molecule has 14 heteroatoms. The van der Waals surface area contributed by atoms with Gasteiger partial charge < -0.3 is 54.8 Å². The maximum absolute atomic E-state index is 13.5. The molecule has 4 saturated carbocycles. The van der Waals surface area contributed by atoms with Crippen molar-refractivity contribution in [3.63, 3.8) is 0 Å². The fourth-order valence-corrected chi connectivity index (χ4v) is 11.0. The number of alkyl carbamates (subject to hydrolysis) is 1. The molecule has 6 aliphatic rings.